The summed E-state index contributed by atoms with van der Waals surface area (Å²) in [5, 5.41) is 6.96. The van der Waals surface area contributed by atoms with Gasteiger partial charge in [0.25, 0.3) is 0 Å². The molecule has 1 fully saturated rings. The molecular weight excluding hydrogens is 138 g/mol. The molecule has 0 spiro atoms. The number of nitrogens with one attached hydrogen (secondary N) is 1. The highest BCUT2D eigenvalue weighted by Crippen LogP contribution is 2.49. The van der Waals surface area contributed by atoms with Gasteiger partial charge in [0, 0.05) is 17.3 Å². The van der Waals surface area contributed by atoms with E-state index in [1.54, 1.807) is 0 Å². The summed E-state index contributed by atoms with van der Waals surface area (Å²) in [5.74, 6) is 0. The first-order valence-corrected chi connectivity index (χ1v) is 4.07. The van der Waals surface area contributed by atoms with E-state index in [0.29, 0.717) is 5.41 Å². The number of aromatic nitrogens is 2. The van der Waals surface area contributed by atoms with Crippen molar-refractivity contribution in [1.29, 1.82) is 0 Å². The number of H-pyrrole nitrogens is 1. The summed E-state index contributed by atoms with van der Waals surface area (Å²) in [4.78, 5) is 0. The van der Waals surface area contributed by atoms with Gasteiger partial charge < -0.3 is 5.73 Å². The van der Waals surface area contributed by atoms with E-state index in [9.17, 15) is 0 Å². The second-order valence-corrected chi connectivity index (χ2v) is 3.29. The molecule has 3 heteroatoms. The fraction of sp³-hybridized carbons (Fsp3) is 0.625. The summed E-state index contributed by atoms with van der Waals surface area (Å²) in [6.07, 6.45) is 5.44. The zero-order chi connectivity index (χ0) is 7.73. The molecule has 1 aliphatic carbocycles. The fourth-order valence-corrected chi connectivity index (χ4v) is 1.63. The van der Waals surface area contributed by atoms with Crippen LogP contribution in [0.3, 0.4) is 0 Å². The lowest BCUT2D eigenvalue weighted by Crippen LogP contribution is -2.13. The van der Waals surface area contributed by atoms with E-state index in [2.05, 4.69) is 16.3 Å². The predicted octanol–water partition coefficient (Wildman–Crippen LogP) is 0.790. The van der Waals surface area contributed by atoms with Crippen LogP contribution in [0.2, 0.25) is 0 Å². The monoisotopic (exact) mass is 151 g/mol. The number of aromatic amines is 1. The van der Waals surface area contributed by atoms with Crippen LogP contribution in [0.4, 0.5) is 0 Å². The second-order valence-electron chi connectivity index (χ2n) is 3.29. The topological polar surface area (TPSA) is 54.7 Å². The van der Waals surface area contributed by atoms with Gasteiger partial charge in [-0.1, -0.05) is 0 Å². The summed E-state index contributed by atoms with van der Waals surface area (Å²) in [6.45, 7) is 0.777. The Hall–Kier alpha value is -0.830. The Morgan fingerprint density at radius 1 is 1.64 bits per heavy atom. The lowest BCUT2D eigenvalue weighted by Gasteiger charge is -2.09. The first-order chi connectivity index (χ1) is 5.37. The number of nitrogens with zero attached hydrogens (tertiary/aromatic N) is 1. The Labute approximate surface area is 66.0 Å². The Morgan fingerprint density at radius 2 is 2.45 bits per heavy atom. The number of nitrogens with two attached hydrogens (primary N) is 1. The van der Waals surface area contributed by atoms with Gasteiger partial charge in [-0.15, -0.1) is 0 Å². The normalized spacial score (nSPS) is 20.1. The van der Waals surface area contributed by atoms with Gasteiger partial charge >= 0.3 is 0 Å². The summed E-state index contributed by atoms with van der Waals surface area (Å²) >= 11 is 0. The second kappa shape index (κ2) is 2.34. The summed E-state index contributed by atoms with van der Waals surface area (Å²) in [7, 11) is 0. The average molecular weight is 151 g/mol. The van der Waals surface area contributed by atoms with E-state index in [0.717, 1.165) is 13.0 Å². The Kier molecular flexibility index (Phi) is 1.46. The van der Waals surface area contributed by atoms with E-state index in [-0.39, 0.29) is 0 Å². The van der Waals surface area contributed by atoms with Crippen molar-refractivity contribution in [3.05, 3.63) is 18.0 Å². The van der Waals surface area contributed by atoms with Crippen molar-refractivity contribution < 1.29 is 0 Å². The number of hydrogen-bond donors (Lipinski definition) is 2. The van der Waals surface area contributed by atoms with Gasteiger partial charge in [-0.2, -0.15) is 5.10 Å². The van der Waals surface area contributed by atoms with Gasteiger partial charge in [0.15, 0.2) is 0 Å². The van der Waals surface area contributed by atoms with Crippen molar-refractivity contribution in [2.75, 3.05) is 6.54 Å². The van der Waals surface area contributed by atoms with Crippen LogP contribution >= 0.6 is 0 Å². The van der Waals surface area contributed by atoms with Crippen molar-refractivity contribution in [2.45, 2.75) is 24.7 Å². The molecule has 1 aromatic heterocycles. The minimum atomic E-state index is 0.380. The lowest BCUT2D eigenvalue weighted by molar-refractivity contribution is 0.608. The molecule has 0 aromatic carbocycles. The molecule has 2 rings (SSSR count). The molecule has 3 N–H and O–H groups in total. The largest absolute Gasteiger partial charge is 0.330 e. The predicted molar refractivity (Wildman–Crippen MR) is 43.2 cm³/mol. The van der Waals surface area contributed by atoms with Crippen LogP contribution in [-0.2, 0) is 5.41 Å². The van der Waals surface area contributed by atoms with Crippen LogP contribution in [0.15, 0.2) is 12.3 Å². The third-order valence-corrected chi connectivity index (χ3v) is 2.55. The Morgan fingerprint density at radius 3 is 2.91 bits per heavy atom. The molecule has 1 saturated carbocycles. The van der Waals surface area contributed by atoms with Gasteiger partial charge in [-0.05, 0) is 31.9 Å². The molecule has 1 aliphatic rings. The SMILES string of the molecule is NCCC1(c2ccn[nH]2)CC1. The van der Waals surface area contributed by atoms with Gasteiger partial charge in [-0.25, -0.2) is 0 Å². The molecule has 1 heterocycles. The van der Waals surface area contributed by atoms with Crippen molar-refractivity contribution >= 4 is 0 Å². The zero-order valence-corrected chi connectivity index (χ0v) is 6.51. The van der Waals surface area contributed by atoms with Crippen LogP contribution in [0.5, 0.6) is 0 Å². The van der Waals surface area contributed by atoms with E-state index in [4.69, 9.17) is 5.73 Å². The van der Waals surface area contributed by atoms with Crippen molar-refractivity contribution in [3.63, 3.8) is 0 Å². The minimum Gasteiger partial charge on any atom is -0.330 e. The molecule has 11 heavy (non-hydrogen) atoms. The van der Waals surface area contributed by atoms with Crippen LogP contribution in [0.25, 0.3) is 0 Å². The van der Waals surface area contributed by atoms with Crippen LogP contribution < -0.4 is 5.73 Å². The van der Waals surface area contributed by atoms with E-state index in [1.165, 1.54) is 18.5 Å². The smallest absolute Gasteiger partial charge is 0.0490 e. The molecule has 1 aromatic rings. The third kappa shape index (κ3) is 1.05. The molecule has 0 atom stereocenters. The number of hydrogen-bond acceptors (Lipinski definition) is 2. The highest BCUT2D eigenvalue weighted by atomic mass is 15.1. The standard InChI is InChI=1S/C8H13N3/c9-5-4-8(2-3-8)7-1-6-10-11-7/h1,6H,2-5,9H2,(H,10,11). The van der Waals surface area contributed by atoms with Crippen LogP contribution in [0.1, 0.15) is 25.0 Å². The summed E-state index contributed by atoms with van der Waals surface area (Å²) < 4.78 is 0. The first kappa shape index (κ1) is 6.85. The highest BCUT2D eigenvalue weighted by Gasteiger charge is 2.44. The molecule has 0 radical (unpaired) electrons. The molecule has 60 valence electrons. The van der Waals surface area contributed by atoms with Gasteiger partial charge in [-0.3, -0.25) is 5.10 Å². The van der Waals surface area contributed by atoms with Crippen molar-refractivity contribution in [3.8, 4) is 0 Å². The lowest BCUT2D eigenvalue weighted by atomic mass is 9.99. The maximum absolute atomic E-state index is 5.53. The minimum absolute atomic E-state index is 0.380. The summed E-state index contributed by atoms with van der Waals surface area (Å²) in [6, 6.07) is 2.06. The molecule has 0 aliphatic heterocycles. The van der Waals surface area contributed by atoms with Crippen LogP contribution in [-0.4, -0.2) is 16.7 Å². The molecule has 0 saturated heterocycles. The molecule has 3 nitrogen and oxygen atoms in total. The quantitative estimate of drug-likeness (QED) is 0.671. The van der Waals surface area contributed by atoms with Gasteiger partial charge in [0.2, 0.25) is 0 Å². The zero-order valence-electron chi connectivity index (χ0n) is 6.51. The van der Waals surface area contributed by atoms with Crippen molar-refractivity contribution in [2.24, 2.45) is 5.73 Å². The van der Waals surface area contributed by atoms with Crippen molar-refractivity contribution in [1.82, 2.24) is 10.2 Å². The fourth-order valence-electron chi connectivity index (χ4n) is 1.63. The Balaban J connectivity index is 2.15. The molecule has 0 bridgehead atoms. The first-order valence-electron chi connectivity index (χ1n) is 4.07. The van der Waals surface area contributed by atoms with E-state index >= 15 is 0 Å². The van der Waals surface area contributed by atoms with Gasteiger partial charge in [0.1, 0.15) is 0 Å². The summed E-state index contributed by atoms with van der Waals surface area (Å²) in [5.41, 5.74) is 7.17. The van der Waals surface area contributed by atoms with Crippen LogP contribution in [0, 0.1) is 0 Å². The molecular formula is C8H13N3. The van der Waals surface area contributed by atoms with E-state index in [1.807, 2.05) is 6.20 Å². The maximum atomic E-state index is 5.53. The number of rotatable bonds is 3. The van der Waals surface area contributed by atoms with Gasteiger partial charge in [0.05, 0.1) is 0 Å². The maximum Gasteiger partial charge on any atom is 0.0490 e. The highest BCUT2D eigenvalue weighted by molar-refractivity contribution is 5.22. The Bertz CT molecular complexity index is 223. The molecule has 0 unspecified atom stereocenters. The molecule has 0 amide bonds. The third-order valence-electron chi connectivity index (χ3n) is 2.55. The van der Waals surface area contributed by atoms with E-state index < -0.39 is 0 Å². The average Bonchev–Trinajstić information content (AvgIpc) is 2.63.